The standard InChI is InChI=1S/C12H13BrF2N2O3/c1-3-12(2,10(18)19)17-11(20)16-9-7(13)4-6(14)5-8(9)15/h4-5H,3H2,1-2H3,(H,18,19)(H2,16,17,20). The average molecular weight is 351 g/mol. The van der Waals surface area contributed by atoms with Gasteiger partial charge in [0, 0.05) is 10.5 Å². The van der Waals surface area contributed by atoms with Crippen LogP contribution in [0.4, 0.5) is 19.3 Å². The number of carboxylic acids is 1. The Balaban J connectivity index is 2.90. The second-order valence-corrected chi connectivity index (χ2v) is 5.17. The van der Waals surface area contributed by atoms with Crippen LogP contribution < -0.4 is 10.6 Å². The third-order valence-electron chi connectivity index (χ3n) is 2.81. The summed E-state index contributed by atoms with van der Waals surface area (Å²) in [5.41, 5.74) is -1.75. The monoisotopic (exact) mass is 350 g/mol. The third-order valence-corrected chi connectivity index (χ3v) is 3.44. The summed E-state index contributed by atoms with van der Waals surface area (Å²) in [4.78, 5) is 22.8. The van der Waals surface area contributed by atoms with Gasteiger partial charge in [0.05, 0.1) is 5.69 Å². The van der Waals surface area contributed by atoms with Crippen LogP contribution in [0.2, 0.25) is 0 Å². The third kappa shape index (κ3) is 3.66. The predicted octanol–water partition coefficient (Wildman–Crippen LogP) is 3.10. The van der Waals surface area contributed by atoms with Crippen molar-refractivity contribution in [1.29, 1.82) is 0 Å². The molecule has 0 aliphatic carbocycles. The molecule has 1 unspecified atom stereocenters. The van der Waals surface area contributed by atoms with E-state index in [9.17, 15) is 18.4 Å². The molecule has 2 amide bonds. The number of hydrogen-bond acceptors (Lipinski definition) is 2. The number of halogens is 3. The minimum absolute atomic E-state index is 0.0127. The van der Waals surface area contributed by atoms with E-state index in [0.29, 0.717) is 6.07 Å². The van der Waals surface area contributed by atoms with Crippen LogP contribution in [0.3, 0.4) is 0 Å². The Morgan fingerprint density at radius 3 is 2.45 bits per heavy atom. The highest BCUT2D eigenvalue weighted by molar-refractivity contribution is 9.10. The van der Waals surface area contributed by atoms with Gasteiger partial charge in [-0.3, -0.25) is 0 Å². The number of aliphatic carboxylic acids is 1. The van der Waals surface area contributed by atoms with Gasteiger partial charge in [-0.25, -0.2) is 18.4 Å². The first-order valence-electron chi connectivity index (χ1n) is 5.66. The second kappa shape index (κ2) is 6.17. The maximum absolute atomic E-state index is 13.5. The second-order valence-electron chi connectivity index (χ2n) is 4.31. The topological polar surface area (TPSA) is 78.4 Å². The van der Waals surface area contributed by atoms with Crippen LogP contribution in [0.5, 0.6) is 0 Å². The Morgan fingerprint density at radius 2 is 2.00 bits per heavy atom. The number of carboxylic acid groups (broad SMARTS) is 1. The van der Waals surface area contributed by atoms with E-state index in [2.05, 4.69) is 26.6 Å². The van der Waals surface area contributed by atoms with Gasteiger partial charge in [-0.15, -0.1) is 0 Å². The average Bonchev–Trinajstić information content (AvgIpc) is 2.33. The Bertz CT molecular complexity index is 530. The number of carbonyl (C=O) groups is 2. The summed E-state index contributed by atoms with van der Waals surface area (Å²) in [6, 6.07) is 0.689. The summed E-state index contributed by atoms with van der Waals surface area (Å²) < 4.78 is 26.4. The molecule has 0 bridgehead atoms. The Hall–Kier alpha value is -1.70. The summed E-state index contributed by atoms with van der Waals surface area (Å²) >= 11 is 2.91. The maximum Gasteiger partial charge on any atom is 0.329 e. The van der Waals surface area contributed by atoms with Crippen LogP contribution in [-0.4, -0.2) is 22.6 Å². The summed E-state index contributed by atoms with van der Waals surface area (Å²) in [6.07, 6.45) is 0.142. The highest BCUT2D eigenvalue weighted by atomic mass is 79.9. The van der Waals surface area contributed by atoms with Crippen molar-refractivity contribution >= 4 is 33.6 Å². The van der Waals surface area contributed by atoms with Crippen molar-refractivity contribution in [3.8, 4) is 0 Å². The number of nitrogens with one attached hydrogen (secondary N) is 2. The van der Waals surface area contributed by atoms with Gasteiger partial charge in [0.15, 0.2) is 5.82 Å². The van der Waals surface area contributed by atoms with Crippen LogP contribution >= 0.6 is 15.9 Å². The molecule has 0 heterocycles. The zero-order valence-corrected chi connectivity index (χ0v) is 12.3. The van der Waals surface area contributed by atoms with E-state index >= 15 is 0 Å². The molecule has 1 aromatic carbocycles. The van der Waals surface area contributed by atoms with Crippen molar-refractivity contribution in [1.82, 2.24) is 5.32 Å². The van der Waals surface area contributed by atoms with Gasteiger partial charge >= 0.3 is 12.0 Å². The van der Waals surface area contributed by atoms with Gasteiger partial charge < -0.3 is 15.7 Å². The van der Waals surface area contributed by atoms with Gasteiger partial charge in [-0.2, -0.15) is 0 Å². The molecule has 20 heavy (non-hydrogen) atoms. The van der Waals surface area contributed by atoms with Crippen molar-refractivity contribution in [3.63, 3.8) is 0 Å². The van der Waals surface area contributed by atoms with Crippen LogP contribution in [0.1, 0.15) is 20.3 Å². The van der Waals surface area contributed by atoms with Crippen molar-refractivity contribution in [3.05, 3.63) is 28.2 Å². The highest BCUT2D eigenvalue weighted by Gasteiger charge is 2.33. The van der Waals surface area contributed by atoms with E-state index in [4.69, 9.17) is 5.11 Å². The van der Waals surface area contributed by atoms with Crippen molar-refractivity contribution in [2.24, 2.45) is 0 Å². The fourth-order valence-electron chi connectivity index (χ4n) is 1.35. The van der Waals surface area contributed by atoms with Crippen LogP contribution in [0.25, 0.3) is 0 Å². The molecular weight excluding hydrogens is 338 g/mol. The Morgan fingerprint density at radius 1 is 1.40 bits per heavy atom. The molecule has 1 atom stereocenters. The molecular formula is C12H13BrF2N2O3. The Kier molecular flexibility index (Phi) is 5.04. The van der Waals surface area contributed by atoms with E-state index in [1.807, 2.05) is 0 Å². The lowest BCUT2D eigenvalue weighted by atomic mass is 10.00. The van der Waals surface area contributed by atoms with E-state index in [1.54, 1.807) is 6.92 Å². The smallest absolute Gasteiger partial charge is 0.329 e. The van der Waals surface area contributed by atoms with E-state index < -0.39 is 29.2 Å². The summed E-state index contributed by atoms with van der Waals surface area (Å²) in [7, 11) is 0. The van der Waals surface area contributed by atoms with Crippen molar-refractivity contribution in [2.75, 3.05) is 5.32 Å². The van der Waals surface area contributed by atoms with E-state index in [0.717, 1.165) is 6.07 Å². The number of hydrogen-bond donors (Lipinski definition) is 3. The van der Waals surface area contributed by atoms with E-state index in [-0.39, 0.29) is 16.6 Å². The number of anilines is 1. The van der Waals surface area contributed by atoms with Gasteiger partial charge in [0.25, 0.3) is 0 Å². The van der Waals surface area contributed by atoms with Gasteiger partial charge in [0.2, 0.25) is 0 Å². The molecule has 0 spiro atoms. The maximum atomic E-state index is 13.5. The minimum atomic E-state index is -1.48. The highest BCUT2D eigenvalue weighted by Crippen LogP contribution is 2.26. The van der Waals surface area contributed by atoms with E-state index in [1.165, 1.54) is 6.92 Å². The fourth-order valence-corrected chi connectivity index (χ4v) is 1.86. The number of benzene rings is 1. The number of amides is 2. The number of rotatable bonds is 4. The quantitative estimate of drug-likeness (QED) is 0.780. The molecule has 0 saturated heterocycles. The molecule has 0 aromatic heterocycles. The summed E-state index contributed by atoms with van der Waals surface area (Å²) in [5.74, 6) is -2.99. The Labute approximate surface area is 122 Å². The lowest BCUT2D eigenvalue weighted by Gasteiger charge is -2.24. The van der Waals surface area contributed by atoms with Crippen LogP contribution in [0.15, 0.2) is 16.6 Å². The molecule has 0 fully saturated rings. The molecule has 0 aliphatic rings. The summed E-state index contributed by atoms with van der Waals surface area (Å²) in [6.45, 7) is 2.91. The first-order valence-corrected chi connectivity index (χ1v) is 6.46. The van der Waals surface area contributed by atoms with Gasteiger partial charge in [-0.1, -0.05) is 6.92 Å². The molecule has 110 valence electrons. The van der Waals surface area contributed by atoms with Gasteiger partial charge in [-0.05, 0) is 35.3 Å². The fraction of sp³-hybridized carbons (Fsp3) is 0.333. The molecule has 1 aromatic rings. The number of carbonyl (C=O) groups excluding carboxylic acids is 1. The van der Waals surface area contributed by atoms with Gasteiger partial charge in [0.1, 0.15) is 11.4 Å². The zero-order chi connectivity index (χ0) is 15.5. The molecule has 0 aliphatic heterocycles. The molecule has 0 radical (unpaired) electrons. The lowest BCUT2D eigenvalue weighted by Crippen LogP contribution is -2.53. The molecule has 5 nitrogen and oxygen atoms in total. The molecule has 3 N–H and O–H groups in total. The minimum Gasteiger partial charge on any atom is -0.480 e. The SMILES string of the molecule is CCC(C)(NC(=O)Nc1c(F)cc(F)cc1Br)C(=O)O. The van der Waals surface area contributed by atoms with Crippen LogP contribution in [0, 0.1) is 11.6 Å². The molecule has 1 rings (SSSR count). The first-order chi connectivity index (χ1) is 9.19. The zero-order valence-electron chi connectivity index (χ0n) is 10.8. The summed E-state index contributed by atoms with van der Waals surface area (Å²) in [5, 5.41) is 13.4. The number of urea groups is 1. The largest absolute Gasteiger partial charge is 0.480 e. The van der Waals surface area contributed by atoms with Crippen LogP contribution in [-0.2, 0) is 4.79 Å². The van der Waals surface area contributed by atoms with Crippen molar-refractivity contribution < 1.29 is 23.5 Å². The molecule has 0 saturated carbocycles. The first kappa shape index (κ1) is 16.4. The lowest BCUT2D eigenvalue weighted by molar-refractivity contribution is -0.143. The predicted molar refractivity (Wildman–Crippen MR) is 72.5 cm³/mol. The normalized spacial score (nSPS) is 13.4. The van der Waals surface area contributed by atoms with Crippen molar-refractivity contribution in [2.45, 2.75) is 25.8 Å². The molecule has 8 heteroatoms.